The number of hydrogen-bond donors (Lipinski definition) is 2. The summed E-state index contributed by atoms with van der Waals surface area (Å²) in [6.45, 7) is 2.69. The molecule has 1 aromatic heterocycles. The minimum Gasteiger partial charge on any atom is -0.489 e. The van der Waals surface area contributed by atoms with Gasteiger partial charge in [-0.1, -0.05) is 23.7 Å². The maximum Gasteiger partial charge on any atom is 0.247 e. The maximum absolute atomic E-state index is 12.3. The third kappa shape index (κ3) is 5.40. The summed E-state index contributed by atoms with van der Waals surface area (Å²) in [4.78, 5) is 16.3. The molecule has 7 heteroatoms. The number of amides is 1. The first-order chi connectivity index (χ1) is 11.6. The zero-order valence-corrected chi connectivity index (χ0v) is 14.3. The molecule has 0 aliphatic rings. The van der Waals surface area contributed by atoms with Gasteiger partial charge in [-0.15, -0.1) is 0 Å². The number of aromatic nitrogens is 1. The lowest BCUT2D eigenvalue weighted by molar-refractivity contribution is -0.116. The number of nitrogens with one attached hydrogen (secondary N) is 2. The number of benzene rings is 1. The van der Waals surface area contributed by atoms with Crippen molar-refractivity contribution in [3.8, 4) is 5.75 Å². The van der Waals surface area contributed by atoms with Crippen molar-refractivity contribution in [2.45, 2.75) is 13.0 Å². The van der Waals surface area contributed by atoms with Gasteiger partial charge in [0, 0.05) is 13.3 Å². The van der Waals surface area contributed by atoms with Gasteiger partial charge in [-0.2, -0.15) is 0 Å². The molecule has 24 heavy (non-hydrogen) atoms. The first kappa shape index (κ1) is 18.0. The Hall–Kier alpha value is -2.31. The van der Waals surface area contributed by atoms with Gasteiger partial charge in [-0.3, -0.25) is 4.79 Å². The molecule has 0 fully saturated rings. The van der Waals surface area contributed by atoms with Crippen LogP contribution >= 0.6 is 11.6 Å². The quantitative estimate of drug-likeness (QED) is 0.716. The highest BCUT2D eigenvalue weighted by Gasteiger charge is 2.15. The summed E-state index contributed by atoms with van der Waals surface area (Å²) in [6.07, 6.45) is 1.48. The van der Waals surface area contributed by atoms with Gasteiger partial charge in [0.15, 0.2) is 0 Å². The number of ether oxygens (including phenoxy) is 2. The number of carbonyl (C=O) groups excluding carboxylic acids is 1. The number of halogens is 1. The van der Waals surface area contributed by atoms with Gasteiger partial charge in [0.2, 0.25) is 5.91 Å². The third-order valence-electron chi connectivity index (χ3n) is 3.18. The average molecular weight is 350 g/mol. The van der Waals surface area contributed by atoms with Gasteiger partial charge in [-0.05, 0) is 31.2 Å². The number of carbonyl (C=O) groups is 1. The molecule has 1 atom stereocenters. The molecule has 0 unspecified atom stereocenters. The second-order valence-corrected chi connectivity index (χ2v) is 5.49. The SMILES string of the molecule is COCCOc1ccccc1N[C@H](C)C(=O)Nc1ccc(Cl)cn1. The fourth-order valence-corrected chi connectivity index (χ4v) is 2.04. The van der Waals surface area contributed by atoms with Gasteiger partial charge in [0.25, 0.3) is 0 Å². The lowest BCUT2D eigenvalue weighted by atomic mass is 10.2. The van der Waals surface area contributed by atoms with Crippen molar-refractivity contribution < 1.29 is 14.3 Å². The van der Waals surface area contributed by atoms with Crippen molar-refractivity contribution in [3.63, 3.8) is 0 Å². The van der Waals surface area contributed by atoms with Crippen LogP contribution in [-0.2, 0) is 9.53 Å². The van der Waals surface area contributed by atoms with Crippen LogP contribution in [0, 0.1) is 0 Å². The number of methoxy groups -OCH3 is 1. The highest BCUT2D eigenvalue weighted by Crippen LogP contribution is 2.24. The van der Waals surface area contributed by atoms with E-state index in [1.165, 1.54) is 6.20 Å². The molecule has 0 aliphatic carbocycles. The molecule has 2 aromatic rings. The lowest BCUT2D eigenvalue weighted by Crippen LogP contribution is -2.32. The molecule has 2 rings (SSSR count). The Bertz CT molecular complexity index is 664. The van der Waals surface area contributed by atoms with Crippen LogP contribution in [0.2, 0.25) is 5.02 Å². The van der Waals surface area contributed by atoms with Crippen molar-refractivity contribution in [1.82, 2.24) is 4.98 Å². The van der Waals surface area contributed by atoms with E-state index in [-0.39, 0.29) is 5.91 Å². The van der Waals surface area contributed by atoms with Crippen LogP contribution in [0.4, 0.5) is 11.5 Å². The minimum atomic E-state index is -0.477. The summed E-state index contributed by atoms with van der Waals surface area (Å²) in [5.74, 6) is 0.901. The number of hydrogen-bond acceptors (Lipinski definition) is 5. The molecule has 0 spiro atoms. The van der Waals surface area contributed by atoms with Gasteiger partial charge in [-0.25, -0.2) is 4.98 Å². The van der Waals surface area contributed by atoms with Crippen molar-refractivity contribution in [2.24, 2.45) is 0 Å². The smallest absolute Gasteiger partial charge is 0.247 e. The number of nitrogens with zero attached hydrogens (tertiary/aromatic N) is 1. The minimum absolute atomic E-state index is 0.212. The van der Waals surface area contributed by atoms with E-state index in [9.17, 15) is 4.79 Å². The van der Waals surface area contributed by atoms with Crippen LogP contribution in [0.25, 0.3) is 0 Å². The number of para-hydroxylation sites is 2. The summed E-state index contributed by atoms with van der Waals surface area (Å²) in [6, 6.07) is 10.3. The first-order valence-corrected chi connectivity index (χ1v) is 7.87. The predicted molar refractivity (Wildman–Crippen MR) is 94.8 cm³/mol. The van der Waals surface area contributed by atoms with Crippen LogP contribution < -0.4 is 15.4 Å². The molecule has 1 heterocycles. The van der Waals surface area contributed by atoms with Gasteiger partial charge in [0.1, 0.15) is 24.2 Å². The van der Waals surface area contributed by atoms with E-state index in [1.807, 2.05) is 24.3 Å². The molecule has 0 aliphatic heterocycles. The van der Waals surface area contributed by atoms with Crippen molar-refractivity contribution in [1.29, 1.82) is 0 Å². The Morgan fingerprint density at radius 1 is 1.25 bits per heavy atom. The number of anilines is 2. The van der Waals surface area contributed by atoms with Gasteiger partial charge < -0.3 is 20.1 Å². The molecule has 0 radical (unpaired) electrons. The summed E-state index contributed by atoms with van der Waals surface area (Å²) in [5.41, 5.74) is 0.736. The van der Waals surface area contributed by atoms with Gasteiger partial charge in [0.05, 0.1) is 17.3 Å². The molecular formula is C17H20ClN3O3. The second kappa shape index (κ2) is 9.10. The van der Waals surface area contributed by atoms with Crippen molar-refractivity contribution in [2.75, 3.05) is 31.0 Å². The highest BCUT2D eigenvalue weighted by molar-refractivity contribution is 6.30. The van der Waals surface area contributed by atoms with Crippen LogP contribution in [0.5, 0.6) is 5.75 Å². The fraction of sp³-hybridized carbons (Fsp3) is 0.294. The Kier molecular flexibility index (Phi) is 6.84. The van der Waals surface area contributed by atoms with Crippen LogP contribution in [0.15, 0.2) is 42.6 Å². The molecule has 6 nitrogen and oxygen atoms in total. The van der Waals surface area contributed by atoms with Crippen molar-refractivity contribution >= 4 is 29.0 Å². The van der Waals surface area contributed by atoms with Crippen LogP contribution in [-0.4, -0.2) is 37.3 Å². The Labute approximate surface area is 146 Å². The zero-order chi connectivity index (χ0) is 17.4. The fourth-order valence-electron chi connectivity index (χ4n) is 1.93. The van der Waals surface area contributed by atoms with E-state index in [0.717, 1.165) is 5.69 Å². The number of rotatable bonds is 8. The van der Waals surface area contributed by atoms with E-state index < -0.39 is 6.04 Å². The molecular weight excluding hydrogens is 330 g/mol. The highest BCUT2D eigenvalue weighted by atomic mass is 35.5. The third-order valence-corrected chi connectivity index (χ3v) is 3.40. The van der Waals surface area contributed by atoms with E-state index >= 15 is 0 Å². The average Bonchev–Trinajstić information content (AvgIpc) is 2.58. The van der Waals surface area contributed by atoms with Crippen molar-refractivity contribution in [3.05, 3.63) is 47.6 Å². The lowest BCUT2D eigenvalue weighted by Gasteiger charge is -2.18. The Morgan fingerprint density at radius 2 is 2.04 bits per heavy atom. The summed E-state index contributed by atoms with van der Waals surface area (Å²) < 4.78 is 10.6. The van der Waals surface area contributed by atoms with E-state index in [4.69, 9.17) is 21.1 Å². The molecule has 0 saturated carbocycles. The van der Waals surface area contributed by atoms with E-state index in [1.54, 1.807) is 26.2 Å². The molecule has 1 aromatic carbocycles. The molecule has 0 bridgehead atoms. The second-order valence-electron chi connectivity index (χ2n) is 5.05. The van der Waals surface area contributed by atoms with Gasteiger partial charge >= 0.3 is 0 Å². The Balaban J connectivity index is 1.96. The normalized spacial score (nSPS) is 11.6. The largest absolute Gasteiger partial charge is 0.489 e. The molecule has 0 saturated heterocycles. The standard InChI is InChI=1S/C17H20ClN3O3/c1-12(17(22)21-16-8-7-13(18)11-19-16)20-14-5-3-4-6-15(14)24-10-9-23-2/h3-8,11-12,20H,9-10H2,1-2H3,(H,19,21,22)/t12-/m1/s1. The Morgan fingerprint density at radius 3 is 2.75 bits per heavy atom. The monoisotopic (exact) mass is 349 g/mol. The predicted octanol–water partition coefficient (Wildman–Crippen LogP) is 3.20. The molecule has 1 amide bonds. The van der Waals surface area contributed by atoms with E-state index in [0.29, 0.717) is 29.8 Å². The van der Waals surface area contributed by atoms with E-state index in [2.05, 4.69) is 15.6 Å². The molecule has 2 N–H and O–H groups in total. The topological polar surface area (TPSA) is 72.5 Å². The summed E-state index contributed by atoms with van der Waals surface area (Å²) >= 11 is 5.78. The zero-order valence-electron chi connectivity index (χ0n) is 13.6. The molecule has 128 valence electrons. The van der Waals surface area contributed by atoms with Crippen LogP contribution in [0.1, 0.15) is 6.92 Å². The first-order valence-electron chi connectivity index (χ1n) is 7.50. The maximum atomic E-state index is 12.3. The summed E-state index contributed by atoms with van der Waals surface area (Å²) in [7, 11) is 1.62. The number of pyridine rings is 1. The summed E-state index contributed by atoms with van der Waals surface area (Å²) in [5, 5.41) is 6.38. The van der Waals surface area contributed by atoms with Crippen LogP contribution in [0.3, 0.4) is 0 Å².